The highest BCUT2D eigenvalue weighted by Crippen LogP contribution is 2.24. The van der Waals surface area contributed by atoms with Crippen molar-refractivity contribution in [1.82, 2.24) is 0 Å². The van der Waals surface area contributed by atoms with Gasteiger partial charge >= 0.3 is 6.18 Å². The summed E-state index contributed by atoms with van der Waals surface area (Å²) in [4.78, 5) is 0. The Hall–Kier alpha value is -0.210. The first-order valence-corrected chi connectivity index (χ1v) is 6.77. The van der Waals surface area contributed by atoms with Gasteiger partial charge in [-0.15, -0.1) is 0 Å². The standard InChI is InChI=1S/C14H27F3/c1-13(2,3)11-9-7-5-4-6-8-10-12-14(15,16)17/h4-12H2,1-3H3. The second-order valence-corrected chi connectivity index (χ2v) is 6.15. The number of hydrogen-bond donors (Lipinski definition) is 0. The van der Waals surface area contributed by atoms with Gasteiger partial charge in [0, 0.05) is 6.42 Å². The van der Waals surface area contributed by atoms with E-state index in [1.54, 1.807) is 0 Å². The van der Waals surface area contributed by atoms with Crippen LogP contribution in [0.2, 0.25) is 0 Å². The van der Waals surface area contributed by atoms with Crippen LogP contribution in [0.25, 0.3) is 0 Å². The Morgan fingerprint density at radius 2 is 0.941 bits per heavy atom. The van der Waals surface area contributed by atoms with Crippen molar-refractivity contribution in [1.29, 1.82) is 0 Å². The number of alkyl halides is 3. The van der Waals surface area contributed by atoms with Crippen LogP contribution < -0.4 is 0 Å². The van der Waals surface area contributed by atoms with Crippen molar-refractivity contribution in [3.05, 3.63) is 0 Å². The van der Waals surface area contributed by atoms with Crippen LogP contribution >= 0.6 is 0 Å². The van der Waals surface area contributed by atoms with Crippen molar-refractivity contribution in [2.45, 2.75) is 84.7 Å². The Balaban J connectivity index is 3.15. The zero-order chi connectivity index (χ0) is 13.4. The summed E-state index contributed by atoms with van der Waals surface area (Å²) in [7, 11) is 0. The van der Waals surface area contributed by atoms with Crippen molar-refractivity contribution < 1.29 is 13.2 Å². The molecule has 3 heteroatoms. The van der Waals surface area contributed by atoms with Crippen LogP contribution in [-0.4, -0.2) is 6.18 Å². The predicted molar refractivity (Wildman–Crippen MR) is 67.1 cm³/mol. The van der Waals surface area contributed by atoms with Gasteiger partial charge < -0.3 is 0 Å². The summed E-state index contributed by atoms with van der Waals surface area (Å²) in [6.07, 6.45) is 3.34. The molecule has 0 radical (unpaired) electrons. The Kier molecular flexibility index (Phi) is 7.89. The van der Waals surface area contributed by atoms with Crippen LogP contribution in [0, 0.1) is 5.41 Å². The molecule has 0 saturated heterocycles. The first-order chi connectivity index (χ1) is 7.71. The van der Waals surface area contributed by atoms with Crippen LogP contribution in [0.15, 0.2) is 0 Å². The van der Waals surface area contributed by atoms with Gasteiger partial charge in [0.05, 0.1) is 0 Å². The topological polar surface area (TPSA) is 0 Å². The normalized spacial score (nSPS) is 13.1. The largest absolute Gasteiger partial charge is 0.389 e. The predicted octanol–water partition coefficient (Wildman–Crippen LogP) is 6.11. The minimum absolute atomic E-state index is 0.297. The molecule has 0 bridgehead atoms. The monoisotopic (exact) mass is 252 g/mol. The van der Waals surface area contributed by atoms with Crippen LogP contribution in [0.4, 0.5) is 13.2 Å². The second kappa shape index (κ2) is 7.99. The first kappa shape index (κ1) is 16.8. The molecule has 0 nitrogen and oxygen atoms in total. The van der Waals surface area contributed by atoms with Gasteiger partial charge in [-0.1, -0.05) is 59.3 Å². The summed E-state index contributed by atoms with van der Waals surface area (Å²) in [5, 5.41) is 0. The molecule has 0 amide bonds. The van der Waals surface area contributed by atoms with Crippen LogP contribution in [0.3, 0.4) is 0 Å². The maximum Gasteiger partial charge on any atom is 0.389 e. The lowest BCUT2D eigenvalue weighted by atomic mass is 9.89. The van der Waals surface area contributed by atoms with Crippen molar-refractivity contribution in [2.75, 3.05) is 0 Å². The molecule has 0 atom stereocenters. The number of hydrogen-bond acceptors (Lipinski definition) is 0. The third-order valence-electron chi connectivity index (χ3n) is 2.89. The van der Waals surface area contributed by atoms with E-state index in [1.807, 2.05) is 0 Å². The fourth-order valence-corrected chi connectivity index (χ4v) is 1.86. The maximum absolute atomic E-state index is 11.8. The lowest BCUT2D eigenvalue weighted by Gasteiger charge is -2.17. The van der Waals surface area contributed by atoms with E-state index < -0.39 is 12.6 Å². The van der Waals surface area contributed by atoms with Crippen LogP contribution in [0.1, 0.15) is 78.6 Å². The van der Waals surface area contributed by atoms with E-state index in [0.717, 1.165) is 19.3 Å². The number of rotatable bonds is 8. The molecular weight excluding hydrogens is 225 g/mol. The smallest absolute Gasteiger partial charge is 0.171 e. The summed E-state index contributed by atoms with van der Waals surface area (Å²) in [5.74, 6) is 0. The molecule has 0 aromatic carbocycles. The highest BCUT2D eigenvalue weighted by Gasteiger charge is 2.25. The minimum Gasteiger partial charge on any atom is -0.171 e. The van der Waals surface area contributed by atoms with Gasteiger partial charge in [0.2, 0.25) is 0 Å². The van der Waals surface area contributed by atoms with Crippen LogP contribution in [0.5, 0.6) is 0 Å². The number of unbranched alkanes of at least 4 members (excludes halogenated alkanes) is 6. The highest BCUT2D eigenvalue weighted by atomic mass is 19.4. The zero-order valence-electron chi connectivity index (χ0n) is 11.5. The molecule has 0 aromatic rings. The zero-order valence-corrected chi connectivity index (χ0v) is 11.5. The molecule has 0 heterocycles. The Bertz CT molecular complexity index is 157. The first-order valence-electron chi connectivity index (χ1n) is 6.77. The van der Waals surface area contributed by atoms with Gasteiger partial charge in [0.1, 0.15) is 0 Å². The maximum atomic E-state index is 11.8. The molecule has 0 N–H and O–H groups in total. The van der Waals surface area contributed by atoms with Crippen LogP contribution in [-0.2, 0) is 0 Å². The van der Waals surface area contributed by atoms with E-state index in [0.29, 0.717) is 11.8 Å². The molecule has 104 valence electrons. The molecule has 0 fully saturated rings. The van der Waals surface area contributed by atoms with E-state index in [2.05, 4.69) is 20.8 Å². The summed E-state index contributed by atoms with van der Waals surface area (Å²) in [6.45, 7) is 6.72. The van der Waals surface area contributed by atoms with Gasteiger partial charge in [-0.3, -0.25) is 0 Å². The molecule has 0 aliphatic rings. The summed E-state index contributed by atoms with van der Waals surface area (Å²) < 4.78 is 35.5. The third kappa shape index (κ3) is 15.8. The molecule has 0 saturated carbocycles. The lowest BCUT2D eigenvalue weighted by molar-refractivity contribution is -0.135. The average Bonchev–Trinajstić information content (AvgIpc) is 2.11. The van der Waals surface area contributed by atoms with Gasteiger partial charge in [0.15, 0.2) is 0 Å². The fraction of sp³-hybridized carbons (Fsp3) is 1.00. The molecule has 17 heavy (non-hydrogen) atoms. The quantitative estimate of drug-likeness (QED) is 0.457. The van der Waals surface area contributed by atoms with Gasteiger partial charge in [-0.05, 0) is 18.3 Å². The van der Waals surface area contributed by atoms with Crippen molar-refractivity contribution in [3.63, 3.8) is 0 Å². The SMILES string of the molecule is CC(C)(C)CCCCCCCCCC(F)(F)F. The van der Waals surface area contributed by atoms with Gasteiger partial charge in [-0.25, -0.2) is 0 Å². The summed E-state index contributed by atoms with van der Waals surface area (Å²) in [5.41, 5.74) is 0.409. The molecule has 0 unspecified atom stereocenters. The minimum atomic E-state index is -3.97. The molecule has 0 rings (SSSR count). The molecular formula is C14H27F3. The third-order valence-corrected chi connectivity index (χ3v) is 2.89. The van der Waals surface area contributed by atoms with E-state index in [9.17, 15) is 13.2 Å². The Morgan fingerprint density at radius 3 is 1.29 bits per heavy atom. The van der Waals surface area contributed by atoms with Crippen molar-refractivity contribution >= 4 is 0 Å². The lowest BCUT2D eigenvalue weighted by Crippen LogP contribution is -2.06. The average molecular weight is 252 g/mol. The second-order valence-electron chi connectivity index (χ2n) is 6.15. The molecule has 0 aliphatic heterocycles. The fourth-order valence-electron chi connectivity index (χ4n) is 1.86. The van der Waals surface area contributed by atoms with Gasteiger partial charge in [0.25, 0.3) is 0 Å². The Labute approximate surface area is 104 Å². The summed E-state index contributed by atoms with van der Waals surface area (Å²) >= 11 is 0. The van der Waals surface area contributed by atoms with Crippen molar-refractivity contribution in [2.24, 2.45) is 5.41 Å². The van der Waals surface area contributed by atoms with Gasteiger partial charge in [-0.2, -0.15) is 13.2 Å². The van der Waals surface area contributed by atoms with E-state index in [4.69, 9.17) is 0 Å². The molecule has 0 aliphatic carbocycles. The molecule has 0 aromatic heterocycles. The highest BCUT2D eigenvalue weighted by molar-refractivity contribution is 4.61. The van der Waals surface area contributed by atoms with E-state index in [-0.39, 0.29) is 0 Å². The van der Waals surface area contributed by atoms with Crippen molar-refractivity contribution in [3.8, 4) is 0 Å². The van der Waals surface area contributed by atoms with E-state index >= 15 is 0 Å². The summed E-state index contributed by atoms with van der Waals surface area (Å²) in [6, 6.07) is 0. The Morgan fingerprint density at radius 1 is 0.588 bits per heavy atom. The molecule has 0 spiro atoms. The van der Waals surface area contributed by atoms with E-state index in [1.165, 1.54) is 25.7 Å². The number of halogens is 3.